The van der Waals surface area contributed by atoms with E-state index in [-0.39, 0.29) is 11.8 Å². The molecule has 0 bridgehead atoms. The fourth-order valence-corrected chi connectivity index (χ4v) is 0.498. The van der Waals surface area contributed by atoms with Crippen molar-refractivity contribution >= 4 is 17.9 Å². The summed E-state index contributed by atoms with van der Waals surface area (Å²) < 4.78 is 4.18. The number of imide groups is 1. The second-order valence-electron chi connectivity index (χ2n) is 1.94. The number of carbonyl (C=O) groups excluding carboxylic acids is 3. The van der Waals surface area contributed by atoms with Crippen LogP contribution in [-0.2, 0) is 14.3 Å². The molecule has 0 saturated carbocycles. The van der Waals surface area contributed by atoms with E-state index in [9.17, 15) is 14.4 Å². The van der Waals surface area contributed by atoms with Gasteiger partial charge in [0.15, 0.2) is 0 Å². The molecule has 6 nitrogen and oxygen atoms in total. The van der Waals surface area contributed by atoms with E-state index in [1.165, 1.54) is 12.2 Å². The van der Waals surface area contributed by atoms with Gasteiger partial charge in [-0.2, -0.15) is 0 Å². The number of ether oxygens (including phenoxy) is 1. The van der Waals surface area contributed by atoms with Gasteiger partial charge in [0.25, 0.3) is 11.8 Å². The molecule has 1 heterocycles. The molecule has 0 aromatic heterocycles. The number of primary amides is 1. The summed E-state index contributed by atoms with van der Waals surface area (Å²) in [7, 11) is 0. The molecule has 3 amide bonds. The summed E-state index contributed by atoms with van der Waals surface area (Å²) in [5, 5.41) is 2.03. The number of rotatable bonds is 1. The molecule has 1 rings (SSSR count). The van der Waals surface area contributed by atoms with Crippen molar-refractivity contribution in [3.8, 4) is 0 Å². The van der Waals surface area contributed by atoms with E-state index in [4.69, 9.17) is 0 Å². The standard InChI is InChI=1S/C4H3NO2.C3H7NO2/c6-3-1-2-4(7)5-3;1-2-6-3(4)5/h1-2H,(H,5,6,7);2H2,1H3,(H2,4,5). The van der Waals surface area contributed by atoms with Gasteiger partial charge in [0.2, 0.25) is 0 Å². The Morgan fingerprint density at radius 3 is 2.00 bits per heavy atom. The fourth-order valence-electron chi connectivity index (χ4n) is 0.498. The topological polar surface area (TPSA) is 98.5 Å². The molecule has 0 aromatic rings. The summed E-state index contributed by atoms with van der Waals surface area (Å²) in [4.78, 5) is 29.7. The van der Waals surface area contributed by atoms with Crippen LogP contribution in [0.25, 0.3) is 0 Å². The summed E-state index contributed by atoms with van der Waals surface area (Å²) in [5.41, 5.74) is 4.54. The Balaban J connectivity index is 0.000000226. The SMILES string of the molecule is CCOC(N)=O.O=C1C=CC(=O)N1. The molecule has 3 N–H and O–H groups in total. The Morgan fingerprint density at radius 1 is 1.46 bits per heavy atom. The van der Waals surface area contributed by atoms with Crippen LogP contribution >= 0.6 is 0 Å². The van der Waals surface area contributed by atoms with Gasteiger partial charge in [0.1, 0.15) is 0 Å². The van der Waals surface area contributed by atoms with Crippen LogP contribution in [0.2, 0.25) is 0 Å². The van der Waals surface area contributed by atoms with E-state index in [1.807, 2.05) is 5.32 Å². The summed E-state index contributed by atoms with van der Waals surface area (Å²) in [5.74, 6) is -0.657. The average molecular weight is 186 g/mol. The molecule has 0 aromatic carbocycles. The summed E-state index contributed by atoms with van der Waals surface area (Å²) >= 11 is 0. The Hall–Kier alpha value is -1.85. The zero-order chi connectivity index (χ0) is 10.3. The Labute approximate surface area is 74.7 Å². The van der Waals surface area contributed by atoms with Crippen LogP contribution in [0.3, 0.4) is 0 Å². The minimum atomic E-state index is -0.711. The molecule has 0 saturated heterocycles. The molecule has 0 radical (unpaired) electrons. The van der Waals surface area contributed by atoms with Crippen LogP contribution < -0.4 is 11.1 Å². The molecule has 72 valence electrons. The third kappa shape index (κ3) is 6.54. The van der Waals surface area contributed by atoms with Gasteiger partial charge in [-0.3, -0.25) is 14.9 Å². The van der Waals surface area contributed by atoms with E-state index in [0.29, 0.717) is 6.61 Å². The van der Waals surface area contributed by atoms with E-state index in [1.54, 1.807) is 6.92 Å². The van der Waals surface area contributed by atoms with E-state index in [0.717, 1.165) is 0 Å². The van der Waals surface area contributed by atoms with E-state index >= 15 is 0 Å². The number of amides is 3. The van der Waals surface area contributed by atoms with Crippen LogP contribution in [-0.4, -0.2) is 24.5 Å². The first-order valence-corrected chi connectivity index (χ1v) is 3.51. The minimum Gasteiger partial charge on any atom is -0.450 e. The van der Waals surface area contributed by atoms with Gasteiger partial charge in [-0.05, 0) is 6.92 Å². The Kier molecular flexibility index (Phi) is 4.94. The van der Waals surface area contributed by atoms with Crippen LogP contribution in [0.4, 0.5) is 4.79 Å². The summed E-state index contributed by atoms with van der Waals surface area (Å²) in [6.45, 7) is 2.06. The first-order chi connectivity index (χ1) is 6.06. The van der Waals surface area contributed by atoms with Crippen LogP contribution in [0.1, 0.15) is 6.92 Å². The smallest absolute Gasteiger partial charge is 0.404 e. The van der Waals surface area contributed by atoms with Crippen molar-refractivity contribution in [3.05, 3.63) is 12.2 Å². The van der Waals surface area contributed by atoms with Crippen molar-refractivity contribution in [3.63, 3.8) is 0 Å². The van der Waals surface area contributed by atoms with Crippen molar-refractivity contribution in [2.24, 2.45) is 5.73 Å². The number of carbonyl (C=O) groups is 3. The lowest BCUT2D eigenvalue weighted by atomic mass is 10.6. The summed E-state index contributed by atoms with van der Waals surface area (Å²) in [6.07, 6.45) is 1.68. The molecule has 1 aliphatic heterocycles. The van der Waals surface area contributed by atoms with Crippen LogP contribution in [0.15, 0.2) is 12.2 Å². The molecular formula is C7H10N2O4. The second-order valence-corrected chi connectivity index (χ2v) is 1.94. The van der Waals surface area contributed by atoms with Crippen molar-refractivity contribution < 1.29 is 19.1 Å². The van der Waals surface area contributed by atoms with Gasteiger partial charge in [0.05, 0.1) is 6.61 Å². The van der Waals surface area contributed by atoms with Crippen LogP contribution in [0.5, 0.6) is 0 Å². The molecule has 0 unspecified atom stereocenters. The zero-order valence-corrected chi connectivity index (χ0v) is 7.07. The highest BCUT2D eigenvalue weighted by atomic mass is 16.5. The molecule has 1 aliphatic rings. The fraction of sp³-hybridized carbons (Fsp3) is 0.286. The number of hydrogen-bond donors (Lipinski definition) is 2. The zero-order valence-electron chi connectivity index (χ0n) is 7.07. The molecular weight excluding hydrogens is 176 g/mol. The average Bonchev–Trinajstić information content (AvgIpc) is 2.35. The van der Waals surface area contributed by atoms with Gasteiger partial charge in [-0.1, -0.05) is 0 Å². The lowest BCUT2D eigenvalue weighted by molar-refractivity contribution is -0.123. The van der Waals surface area contributed by atoms with E-state index in [2.05, 4.69) is 10.5 Å². The maximum absolute atomic E-state index is 10.0. The molecule has 13 heavy (non-hydrogen) atoms. The van der Waals surface area contributed by atoms with Crippen molar-refractivity contribution in [2.45, 2.75) is 6.92 Å². The maximum atomic E-state index is 10.0. The molecule has 0 aliphatic carbocycles. The van der Waals surface area contributed by atoms with Crippen molar-refractivity contribution in [1.29, 1.82) is 0 Å². The van der Waals surface area contributed by atoms with Gasteiger partial charge < -0.3 is 10.5 Å². The predicted octanol–water partition coefficient (Wildman–Crippen LogP) is -0.699. The first kappa shape index (κ1) is 11.2. The molecule has 0 atom stereocenters. The lowest BCUT2D eigenvalue weighted by Gasteiger charge is -1.89. The van der Waals surface area contributed by atoms with Crippen LogP contribution in [0, 0.1) is 0 Å². The first-order valence-electron chi connectivity index (χ1n) is 3.51. The minimum absolute atomic E-state index is 0.329. The van der Waals surface area contributed by atoms with Gasteiger partial charge in [-0.15, -0.1) is 0 Å². The lowest BCUT2D eigenvalue weighted by Crippen LogP contribution is -2.19. The highest BCUT2D eigenvalue weighted by Gasteiger charge is 2.06. The number of hydrogen-bond acceptors (Lipinski definition) is 4. The largest absolute Gasteiger partial charge is 0.450 e. The quantitative estimate of drug-likeness (QED) is 0.529. The van der Waals surface area contributed by atoms with Crippen molar-refractivity contribution in [2.75, 3.05) is 6.61 Å². The van der Waals surface area contributed by atoms with Gasteiger partial charge >= 0.3 is 6.09 Å². The number of nitrogens with one attached hydrogen (secondary N) is 1. The molecule has 6 heteroatoms. The highest BCUT2D eigenvalue weighted by molar-refractivity contribution is 6.12. The monoisotopic (exact) mass is 186 g/mol. The maximum Gasteiger partial charge on any atom is 0.404 e. The van der Waals surface area contributed by atoms with Gasteiger partial charge in [-0.25, -0.2) is 4.79 Å². The normalized spacial score (nSPS) is 13.0. The third-order valence-corrected chi connectivity index (χ3v) is 0.919. The molecule has 0 spiro atoms. The number of nitrogens with two attached hydrogens (primary N) is 1. The highest BCUT2D eigenvalue weighted by Crippen LogP contribution is 1.82. The summed E-state index contributed by atoms with van der Waals surface area (Å²) in [6, 6.07) is 0. The van der Waals surface area contributed by atoms with E-state index < -0.39 is 6.09 Å². The Bertz CT molecular complexity index is 231. The molecule has 0 fully saturated rings. The second kappa shape index (κ2) is 5.76. The van der Waals surface area contributed by atoms with Crippen molar-refractivity contribution in [1.82, 2.24) is 5.32 Å². The van der Waals surface area contributed by atoms with Gasteiger partial charge in [0, 0.05) is 12.2 Å². The Morgan fingerprint density at radius 2 is 1.92 bits per heavy atom. The predicted molar refractivity (Wildman–Crippen MR) is 43.5 cm³/mol. The third-order valence-electron chi connectivity index (χ3n) is 0.919.